The van der Waals surface area contributed by atoms with Crippen LogP contribution < -0.4 is 10.6 Å². The van der Waals surface area contributed by atoms with Crippen LogP contribution in [-0.4, -0.2) is 25.2 Å². The number of rotatable bonds is 4. The quantitative estimate of drug-likeness (QED) is 0.890. The first-order valence-corrected chi connectivity index (χ1v) is 8.26. The van der Waals surface area contributed by atoms with Gasteiger partial charge in [-0.15, -0.1) is 0 Å². The molecule has 0 aromatic heterocycles. The largest absolute Gasteiger partial charge is 0.416 e. The van der Waals surface area contributed by atoms with Gasteiger partial charge in [-0.25, -0.2) is 0 Å². The molecule has 2 aliphatic rings. The highest BCUT2D eigenvalue weighted by Gasteiger charge is 2.45. The molecular weight excluding hydrogens is 313 g/mol. The van der Waals surface area contributed by atoms with E-state index in [9.17, 15) is 13.2 Å². The van der Waals surface area contributed by atoms with Crippen molar-refractivity contribution < 1.29 is 13.2 Å². The van der Waals surface area contributed by atoms with Gasteiger partial charge >= 0.3 is 6.18 Å². The van der Waals surface area contributed by atoms with Crippen molar-refractivity contribution in [1.82, 2.24) is 10.6 Å². The number of alkyl halides is 3. The Hall–Kier alpha value is -1.85. The first-order chi connectivity index (χ1) is 11.5. The highest BCUT2D eigenvalue weighted by molar-refractivity contribution is 5.65. The zero-order valence-corrected chi connectivity index (χ0v) is 13.1. The van der Waals surface area contributed by atoms with Gasteiger partial charge in [0.2, 0.25) is 0 Å². The van der Waals surface area contributed by atoms with Crippen LogP contribution in [-0.2, 0) is 6.18 Å². The van der Waals surface area contributed by atoms with E-state index in [-0.39, 0.29) is 12.0 Å². The molecule has 126 valence electrons. The van der Waals surface area contributed by atoms with Gasteiger partial charge < -0.3 is 10.6 Å². The molecule has 1 saturated carbocycles. The van der Waals surface area contributed by atoms with Gasteiger partial charge in [-0.05, 0) is 29.2 Å². The first kappa shape index (κ1) is 15.7. The second-order valence-corrected chi connectivity index (χ2v) is 6.64. The highest BCUT2D eigenvalue weighted by Crippen LogP contribution is 2.47. The van der Waals surface area contributed by atoms with Gasteiger partial charge in [-0.1, -0.05) is 42.5 Å². The maximum atomic E-state index is 13.6. The third-order valence-electron chi connectivity index (χ3n) is 4.89. The van der Waals surface area contributed by atoms with Gasteiger partial charge in [0.05, 0.1) is 5.56 Å². The molecule has 1 saturated heterocycles. The summed E-state index contributed by atoms with van der Waals surface area (Å²) in [7, 11) is 0. The van der Waals surface area contributed by atoms with Gasteiger partial charge in [0.1, 0.15) is 0 Å². The molecule has 4 rings (SSSR count). The minimum Gasteiger partial charge on any atom is -0.314 e. The molecule has 2 aromatic rings. The fraction of sp³-hybridized carbons (Fsp3) is 0.368. The van der Waals surface area contributed by atoms with Crippen molar-refractivity contribution >= 4 is 0 Å². The van der Waals surface area contributed by atoms with E-state index in [1.54, 1.807) is 12.1 Å². The zero-order chi connectivity index (χ0) is 16.7. The molecule has 5 heteroatoms. The Bertz CT molecular complexity index is 723. The predicted octanol–water partition coefficient (Wildman–Crippen LogP) is 3.79. The van der Waals surface area contributed by atoms with Crippen LogP contribution >= 0.6 is 0 Å². The van der Waals surface area contributed by atoms with Crippen LogP contribution in [0.25, 0.3) is 11.1 Å². The lowest BCUT2D eigenvalue weighted by atomic mass is 9.96. The minimum atomic E-state index is -4.33. The van der Waals surface area contributed by atoms with Crippen LogP contribution in [0.5, 0.6) is 0 Å². The lowest BCUT2D eigenvalue weighted by Crippen LogP contribution is -2.56. The Balaban J connectivity index is 1.62. The van der Waals surface area contributed by atoms with Crippen LogP contribution in [0.2, 0.25) is 0 Å². The van der Waals surface area contributed by atoms with Crippen LogP contribution in [0.3, 0.4) is 0 Å². The highest BCUT2D eigenvalue weighted by atomic mass is 19.4. The summed E-state index contributed by atoms with van der Waals surface area (Å²) >= 11 is 0. The second-order valence-electron chi connectivity index (χ2n) is 6.64. The minimum absolute atomic E-state index is 0.0351. The topological polar surface area (TPSA) is 24.1 Å². The van der Waals surface area contributed by atoms with Crippen LogP contribution in [0.15, 0.2) is 48.5 Å². The molecule has 2 atom stereocenters. The van der Waals surface area contributed by atoms with E-state index in [4.69, 9.17) is 0 Å². The lowest BCUT2D eigenvalue weighted by molar-refractivity contribution is -0.138. The van der Waals surface area contributed by atoms with E-state index in [1.165, 1.54) is 6.07 Å². The Labute approximate surface area is 139 Å². The molecule has 2 nitrogen and oxygen atoms in total. The number of halogens is 3. The molecule has 0 spiro atoms. The van der Waals surface area contributed by atoms with Gasteiger partial charge in [-0.2, -0.15) is 13.2 Å². The standard InChI is InChI=1S/C19H19F3N2/c20-19(21,22)17-8-13(12-4-2-1-3-5-12)6-7-15(17)16-9-18(16)24-14-10-23-11-14/h1-8,14,16,18,23-24H,9-11H2. The van der Waals surface area contributed by atoms with Crippen molar-refractivity contribution in [2.24, 2.45) is 0 Å². The van der Waals surface area contributed by atoms with Crippen molar-refractivity contribution in [2.45, 2.75) is 30.6 Å². The Morgan fingerprint density at radius 2 is 1.71 bits per heavy atom. The summed E-state index contributed by atoms with van der Waals surface area (Å²) in [5.74, 6) is -0.0351. The average Bonchev–Trinajstić information content (AvgIpc) is 3.30. The summed E-state index contributed by atoms with van der Waals surface area (Å²) in [5.41, 5.74) is 1.34. The van der Waals surface area contributed by atoms with E-state index in [0.717, 1.165) is 25.1 Å². The summed E-state index contributed by atoms with van der Waals surface area (Å²) in [6.45, 7) is 1.81. The van der Waals surface area contributed by atoms with E-state index >= 15 is 0 Å². The number of hydrogen-bond acceptors (Lipinski definition) is 2. The smallest absolute Gasteiger partial charge is 0.314 e. The second kappa shape index (κ2) is 5.90. The first-order valence-electron chi connectivity index (χ1n) is 8.26. The zero-order valence-electron chi connectivity index (χ0n) is 13.1. The van der Waals surface area contributed by atoms with Crippen LogP contribution in [0.1, 0.15) is 23.5 Å². The molecule has 0 amide bonds. The monoisotopic (exact) mass is 332 g/mol. The normalized spacial score (nSPS) is 23.8. The van der Waals surface area contributed by atoms with Gasteiger partial charge in [0, 0.05) is 31.1 Å². The molecule has 2 aromatic carbocycles. The van der Waals surface area contributed by atoms with Crippen molar-refractivity contribution in [1.29, 1.82) is 0 Å². The summed E-state index contributed by atoms with van der Waals surface area (Å²) in [6.07, 6.45) is -3.55. The van der Waals surface area contributed by atoms with Crippen molar-refractivity contribution in [3.05, 3.63) is 59.7 Å². The average molecular weight is 332 g/mol. The number of hydrogen-bond donors (Lipinski definition) is 2. The van der Waals surface area contributed by atoms with Gasteiger partial charge in [-0.3, -0.25) is 0 Å². The molecule has 2 fully saturated rings. The molecule has 24 heavy (non-hydrogen) atoms. The van der Waals surface area contributed by atoms with Crippen LogP contribution in [0.4, 0.5) is 13.2 Å². The van der Waals surface area contributed by atoms with Crippen molar-refractivity contribution in [3.8, 4) is 11.1 Å². The summed E-state index contributed by atoms with van der Waals surface area (Å²) < 4.78 is 40.7. The summed E-state index contributed by atoms with van der Waals surface area (Å²) in [5, 5.41) is 6.60. The van der Waals surface area contributed by atoms with Crippen LogP contribution in [0, 0.1) is 0 Å². The SMILES string of the molecule is FC(F)(F)c1cc(-c2ccccc2)ccc1C1CC1NC1CNC1. The molecule has 1 heterocycles. The van der Waals surface area contributed by atoms with E-state index < -0.39 is 11.7 Å². The molecular formula is C19H19F3N2. The van der Waals surface area contributed by atoms with E-state index in [0.29, 0.717) is 17.2 Å². The Morgan fingerprint density at radius 3 is 2.33 bits per heavy atom. The molecule has 2 N–H and O–H groups in total. The molecule has 1 aliphatic carbocycles. The summed E-state index contributed by atoms with van der Waals surface area (Å²) in [4.78, 5) is 0. The summed E-state index contributed by atoms with van der Waals surface area (Å²) in [6, 6.07) is 14.5. The number of benzene rings is 2. The molecule has 2 unspecified atom stereocenters. The Kier molecular flexibility index (Phi) is 3.85. The molecule has 1 aliphatic heterocycles. The van der Waals surface area contributed by atoms with E-state index in [2.05, 4.69) is 10.6 Å². The Morgan fingerprint density at radius 1 is 0.958 bits per heavy atom. The van der Waals surface area contributed by atoms with Gasteiger partial charge in [0.15, 0.2) is 0 Å². The lowest BCUT2D eigenvalue weighted by Gasteiger charge is -2.28. The maximum absolute atomic E-state index is 13.6. The maximum Gasteiger partial charge on any atom is 0.416 e. The molecule has 0 radical (unpaired) electrons. The fourth-order valence-electron chi connectivity index (χ4n) is 3.37. The van der Waals surface area contributed by atoms with E-state index in [1.807, 2.05) is 30.3 Å². The van der Waals surface area contributed by atoms with Crippen molar-refractivity contribution in [3.63, 3.8) is 0 Å². The van der Waals surface area contributed by atoms with Gasteiger partial charge in [0.25, 0.3) is 0 Å². The third kappa shape index (κ3) is 3.06. The van der Waals surface area contributed by atoms with Crippen molar-refractivity contribution in [2.75, 3.05) is 13.1 Å². The molecule has 0 bridgehead atoms. The third-order valence-corrected chi connectivity index (χ3v) is 4.89. The fourth-order valence-corrected chi connectivity index (χ4v) is 3.37. The predicted molar refractivity (Wildman–Crippen MR) is 87.8 cm³/mol. The number of nitrogens with one attached hydrogen (secondary N) is 2.